The normalized spacial score (nSPS) is 15.7. The predicted octanol–water partition coefficient (Wildman–Crippen LogP) is 2.68. The average Bonchev–Trinajstić information content (AvgIpc) is 2.66. The number of imide groups is 1. The minimum atomic E-state index is -0.354. The van der Waals surface area contributed by atoms with Gasteiger partial charge in [-0.2, -0.15) is 0 Å². The molecule has 0 radical (unpaired) electrons. The highest BCUT2D eigenvalue weighted by Crippen LogP contribution is 2.35. The molecule has 0 bridgehead atoms. The van der Waals surface area contributed by atoms with E-state index in [-0.39, 0.29) is 11.8 Å². The van der Waals surface area contributed by atoms with Crippen LogP contribution >= 0.6 is 0 Å². The first-order valence-corrected chi connectivity index (χ1v) is 6.30. The van der Waals surface area contributed by atoms with Crippen LogP contribution in [0.15, 0.2) is 48.2 Å². The van der Waals surface area contributed by atoms with Gasteiger partial charge in [0.1, 0.15) is 0 Å². The maximum Gasteiger partial charge on any atom is 0.259 e. The van der Waals surface area contributed by atoms with E-state index in [0.29, 0.717) is 16.7 Å². The smallest absolute Gasteiger partial charge is 0.259 e. The van der Waals surface area contributed by atoms with Gasteiger partial charge >= 0.3 is 0 Å². The SMILES string of the molecule is O=C1NC(=O)c2c3c(cc4ccccc24)C=C=CC=C13. The number of rotatable bonds is 0. The predicted molar refractivity (Wildman–Crippen MR) is 76.9 cm³/mol. The zero-order chi connectivity index (χ0) is 13.7. The molecule has 0 fully saturated rings. The lowest BCUT2D eigenvalue weighted by atomic mass is 9.86. The fourth-order valence-electron chi connectivity index (χ4n) is 2.78. The van der Waals surface area contributed by atoms with Crippen LogP contribution in [0.3, 0.4) is 0 Å². The van der Waals surface area contributed by atoms with E-state index in [0.717, 1.165) is 16.3 Å². The number of amides is 2. The van der Waals surface area contributed by atoms with E-state index in [1.807, 2.05) is 30.3 Å². The number of hydrogen-bond donors (Lipinski definition) is 1. The standard InChI is InChI=1S/C17H9NO2/c19-16-13-8-4-2-6-11-9-10-5-1-3-7-12(10)15(14(11)13)17(20)18-16/h1,3-9H,(H,18,19,20). The van der Waals surface area contributed by atoms with Gasteiger partial charge in [0, 0.05) is 11.1 Å². The molecule has 0 aromatic heterocycles. The molecular weight excluding hydrogens is 250 g/mol. The van der Waals surface area contributed by atoms with Crippen molar-refractivity contribution in [2.45, 2.75) is 0 Å². The van der Waals surface area contributed by atoms with E-state index in [9.17, 15) is 9.59 Å². The minimum Gasteiger partial charge on any atom is -0.288 e. The number of hydrogen-bond acceptors (Lipinski definition) is 2. The third-order valence-corrected chi connectivity index (χ3v) is 3.63. The number of carbonyl (C=O) groups excluding carboxylic acids is 2. The van der Waals surface area contributed by atoms with Gasteiger partial charge in [0.2, 0.25) is 0 Å². The molecule has 94 valence electrons. The Labute approximate surface area is 114 Å². The summed E-state index contributed by atoms with van der Waals surface area (Å²) < 4.78 is 0. The molecule has 0 atom stereocenters. The monoisotopic (exact) mass is 259 g/mol. The van der Waals surface area contributed by atoms with Gasteiger partial charge in [0.15, 0.2) is 0 Å². The molecule has 0 saturated carbocycles. The molecular formula is C17H9NO2. The molecule has 2 aromatic carbocycles. The molecule has 3 nitrogen and oxygen atoms in total. The molecule has 1 aliphatic carbocycles. The Bertz CT molecular complexity index is 897. The van der Waals surface area contributed by atoms with Crippen molar-refractivity contribution in [3.05, 3.63) is 64.9 Å². The second-order valence-corrected chi connectivity index (χ2v) is 4.78. The summed E-state index contributed by atoms with van der Waals surface area (Å²) in [5.74, 6) is -0.692. The molecule has 0 saturated heterocycles. The summed E-state index contributed by atoms with van der Waals surface area (Å²) in [4.78, 5) is 24.3. The summed E-state index contributed by atoms with van der Waals surface area (Å²) >= 11 is 0. The molecule has 2 amide bonds. The summed E-state index contributed by atoms with van der Waals surface area (Å²) in [6.45, 7) is 0. The largest absolute Gasteiger partial charge is 0.288 e. The van der Waals surface area contributed by atoms with Crippen molar-refractivity contribution >= 4 is 34.2 Å². The Balaban J connectivity index is 2.25. The lowest BCUT2D eigenvalue weighted by Gasteiger charge is -2.21. The highest BCUT2D eigenvalue weighted by molar-refractivity contribution is 6.34. The second-order valence-electron chi connectivity index (χ2n) is 4.78. The van der Waals surface area contributed by atoms with Crippen LogP contribution in [0.5, 0.6) is 0 Å². The van der Waals surface area contributed by atoms with Crippen LogP contribution < -0.4 is 5.32 Å². The van der Waals surface area contributed by atoms with Crippen molar-refractivity contribution in [3.63, 3.8) is 0 Å². The first-order valence-electron chi connectivity index (χ1n) is 6.30. The molecule has 3 heteroatoms. The zero-order valence-electron chi connectivity index (χ0n) is 10.4. The number of fused-ring (bicyclic) bond motifs is 2. The highest BCUT2D eigenvalue weighted by atomic mass is 16.2. The maximum absolute atomic E-state index is 12.3. The van der Waals surface area contributed by atoms with E-state index in [4.69, 9.17) is 0 Å². The molecule has 2 aromatic rings. The highest BCUT2D eigenvalue weighted by Gasteiger charge is 2.30. The van der Waals surface area contributed by atoms with Crippen LogP contribution in [0.4, 0.5) is 0 Å². The minimum absolute atomic E-state index is 0.338. The Morgan fingerprint density at radius 1 is 1.00 bits per heavy atom. The van der Waals surface area contributed by atoms with E-state index in [2.05, 4.69) is 11.0 Å². The summed E-state index contributed by atoms with van der Waals surface area (Å²) in [5, 5.41) is 4.25. The number of nitrogens with one attached hydrogen (secondary N) is 1. The Morgan fingerprint density at radius 3 is 2.75 bits per heavy atom. The van der Waals surface area contributed by atoms with E-state index in [1.54, 1.807) is 18.2 Å². The molecule has 1 N–H and O–H groups in total. The fourth-order valence-corrected chi connectivity index (χ4v) is 2.78. The van der Waals surface area contributed by atoms with Crippen LogP contribution in [0.25, 0.3) is 22.4 Å². The quantitative estimate of drug-likeness (QED) is 0.584. The summed E-state index contributed by atoms with van der Waals surface area (Å²) in [7, 11) is 0. The van der Waals surface area contributed by atoms with Crippen LogP contribution in [0.2, 0.25) is 0 Å². The van der Waals surface area contributed by atoms with Crippen molar-refractivity contribution in [2.24, 2.45) is 0 Å². The summed E-state index contributed by atoms with van der Waals surface area (Å²) in [5.41, 5.74) is 5.64. The van der Waals surface area contributed by atoms with Crippen molar-refractivity contribution in [1.82, 2.24) is 5.32 Å². The van der Waals surface area contributed by atoms with Gasteiger partial charge in [-0.25, -0.2) is 0 Å². The topological polar surface area (TPSA) is 46.2 Å². The third kappa shape index (κ3) is 1.35. The van der Waals surface area contributed by atoms with Crippen LogP contribution in [-0.2, 0) is 4.79 Å². The lowest BCUT2D eigenvalue weighted by molar-refractivity contribution is -0.114. The van der Waals surface area contributed by atoms with Gasteiger partial charge in [-0.15, -0.1) is 5.73 Å². The van der Waals surface area contributed by atoms with E-state index < -0.39 is 0 Å². The van der Waals surface area contributed by atoms with Crippen molar-refractivity contribution in [3.8, 4) is 0 Å². The van der Waals surface area contributed by atoms with Crippen molar-refractivity contribution in [1.29, 1.82) is 0 Å². The zero-order valence-corrected chi connectivity index (χ0v) is 10.4. The van der Waals surface area contributed by atoms with Gasteiger partial charge in [0.25, 0.3) is 11.8 Å². The Kier molecular flexibility index (Phi) is 2.08. The number of allylic oxidation sites excluding steroid dienone is 2. The van der Waals surface area contributed by atoms with Gasteiger partial charge in [0.05, 0.1) is 5.56 Å². The number of benzene rings is 2. The van der Waals surface area contributed by atoms with E-state index in [1.165, 1.54) is 0 Å². The van der Waals surface area contributed by atoms with Crippen molar-refractivity contribution in [2.75, 3.05) is 0 Å². The Hall–Kier alpha value is -2.90. The summed E-state index contributed by atoms with van der Waals surface area (Å²) in [6.07, 6.45) is 5.20. The first kappa shape index (κ1) is 11.0. The molecule has 0 spiro atoms. The van der Waals surface area contributed by atoms with Crippen LogP contribution in [0.1, 0.15) is 21.5 Å². The van der Waals surface area contributed by atoms with Gasteiger partial charge < -0.3 is 0 Å². The Morgan fingerprint density at radius 2 is 1.85 bits per heavy atom. The van der Waals surface area contributed by atoms with Gasteiger partial charge in [-0.1, -0.05) is 24.3 Å². The first-order chi connectivity index (χ1) is 9.75. The fraction of sp³-hybridized carbons (Fsp3) is 0. The second kappa shape index (κ2) is 3.80. The molecule has 1 heterocycles. The number of carbonyl (C=O) groups is 2. The van der Waals surface area contributed by atoms with E-state index >= 15 is 0 Å². The lowest BCUT2D eigenvalue weighted by Crippen LogP contribution is -2.37. The molecule has 1 aliphatic heterocycles. The third-order valence-electron chi connectivity index (χ3n) is 3.63. The maximum atomic E-state index is 12.3. The average molecular weight is 259 g/mol. The van der Waals surface area contributed by atoms with Crippen molar-refractivity contribution < 1.29 is 9.59 Å². The molecule has 0 unspecified atom stereocenters. The van der Waals surface area contributed by atoms with Crippen LogP contribution in [0, 0.1) is 0 Å². The molecule has 20 heavy (non-hydrogen) atoms. The summed E-state index contributed by atoms with van der Waals surface area (Å²) in [6, 6.07) is 9.67. The molecule has 2 aliphatic rings. The van der Waals surface area contributed by atoms with Crippen LogP contribution in [-0.4, -0.2) is 11.8 Å². The van der Waals surface area contributed by atoms with Gasteiger partial charge in [-0.05, 0) is 40.6 Å². The molecule has 4 rings (SSSR count). The van der Waals surface area contributed by atoms with Gasteiger partial charge in [-0.3, -0.25) is 14.9 Å².